The topological polar surface area (TPSA) is 49.4 Å². The summed E-state index contributed by atoms with van der Waals surface area (Å²) in [5.74, 6) is -0.140. The first-order valence-electron chi connectivity index (χ1n) is 9.61. The Morgan fingerprint density at radius 3 is 2.48 bits per heavy atom. The van der Waals surface area contributed by atoms with Crippen LogP contribution in [0.25, 0.3) is 0 Å². The van der Waals surface area contributed by atoms with Crippen LogP contribution in [0.15, 0.2) is 77.7 Å². The second-order valence-corrected chi connectivity index (χ2v) is 7.77. The molecule has 0 fully saturated rings. The average molecular weight is 403 g/mol. The highest BCUT2D eigenvalue weighted by Crippen LogP contribution is 2.30. The maximum Gasteiger partial charge on any atom is 0.258 e. The maximum absolute atomic E-state index is 12.9. The molecule has 1 heterocycles. The summed E-state index contributed by atoms with van der Waals surface area (Å²) >= 11 is 1.60. The van der Waals surface area contributed by atoms with Crippen molar-refractivity contribution in [3.8, 4) is 0 Å². The van der Waals surface area contributed by atoms with E-state index in [0.29, 0.717) is 17.7 Å². The van der Waals surface area contributed by atoms with Gasteiger partial charge in [-0.2, -0.15) is 0 Å². The van der Waals surface area contributed by atoms with Crippen molar-refractivity contribution in [2.75, 3.05) is 23.0 Å². The lowest BCUT2D eigenvalue weighted by atomic mass is 9.98. The fourth-order valence-electron chi connectivity index (χ4n) is 3.63. The lowest BCUT2D eigenvalue weighted by Crippen LogP contribution is -2.35. The van der Waals surface area contributed by atoms with Gasteiger partial charge in [0.25, 0.3) is 11.8 Å². The number of carbonyl (C=O) groups excluding carboxylic acids is 2. The van der Waals surface area contributed by atoms with E-state index in [1.165, 1.54) is 0 Å². The first kappa shape index (κ1) is 19.3. The number of amides is 2. The molecule has 4 nitrogen and oxygen atoms in total. The van der Waals surface area contributed by atoms with Gasteiger partial charge in [0.05, 0.1) is 5.69 Å². The molecule has 3 aromatic carbocycles. The van der Waals surface area contributed by atoms with Gasteiger partial charge in [0.2, 0.25) is 0 Å². The van der Waals surface area contributed by atoms with Gasteiger partial charge >= 0.3 is 0 Å². The Morgan fingerprint density at radius 1 is 0.931 bits per heavy atom. The molecule has 4 rings (SSSR count). The number of anilines is 2. The van der Waals surface area contributed by atoms with Crippen LogP contribution in [0.3, 0.4) is 0 Å². The lowest BCUT2D eigenvalue weighted by molar-refractivity contribution is 0.0984. The first-order chi connectivity index (χ1) is 14.2. The summed E-state index contributed by atoms with van der Waals surface area (Å²) in [6, 6.07) is 22.7. The van der Waals surface area contributed by atoms with E-state index in [1.54, 1.807) is 17.8 Å². The minimum Gasteiger partial charge on any atom is -0.321 e. The molecule has 1 N–H and O–H groups in total. The summed E-state index contributed by atoms with van der Waals surface area (Å²) in [6.07, 6.45) is 3.73. The van der Waals surface area contributed by atoms with Crippen molar-refractivity contribution in [3.63, 3.8) is 0 Å². The average Bonchev–Trinajstić information content (AvgIpc) is 2.78. The van der Waals surface area contributed by atoms with Gasteiger partial charge in [-0.25, -0.2) is 0 Å². The quantitative estimate of drug-likeness (QED) is 0.606. The second-order valence-electron chi connectivity index (χ2n) is 6.92. The van der Waals surface area contributed by atoms with Crippen LogP contribution in [-0.2, 0) is 6.42 Å². The van der Waals surface area contributed by atoms with Crippen molar-refractivity contribution in [1.29, 1.82) is 0 Å². The SMILES string of the molecule is CSc1ccccc1NC(=O)c1ccc2c(c1)CCCN2C(=O)c1ccccc1. The summed E-state index contributed by atoms with van der Waals surface area (Å²) in [5, 5.41) is 3.00. The Labute approximate surface area is 174 Å². The molecule has 2 amide bonds. The minimum atomic E-state index is -0.138. The zero-order valence-corrected chi connectivity index (χ0v) is 17.0. The monoisotopic (exact) mass is 402 g/mol. The molecule has 0 atom stereocenters. The van der Waals surface area contributed by atoms with E-state index in [4.69, 9.17) is 0 Å². The molecule has 0 spiro atoms. The van der Waals surface area contributed by atoms with Gasteiger partial charge in [-0.05, 0) is 67.1 Å². The zero-order valence-electron chi connectivity index (χ0n) is 16.2. The standard InChI is InChI=1S/C24H22N2O2S/c1-29-22-12-6-5-11-20(22)25-23(27)19-13-14-21-18(16-19)10-7-15-26(21)24(28)17-8-3-2-4-9-17/h2-6,8-9,11-14,16H,7,10,15H2,1H3,(H,25,27). The summed E-state index contributed by atoms with van der Waals surface area (Å²) in [6.45, 7) is 0.688. The molecule has 0 unspecified atom stereocenters. The van der Waals surface area contributed by atoms with Crippen LogP contribution in [0.1, 0.15) is 32.7 Å². The van der Waals surface area contributed by atoms with E-state index in [9.17, 15) is 9.59 Å². The molecule has 1 aliphatic rings. The molecule has 5 heteroatoms. The molecule has 0 aliphatic carbocycles. The lowest BCUT2D eigenvalue weighted by Gasteiger charge is -2.30. The molecule has 0 radical (unpaired) electrons. The number of rotatable bonds is 4. The van der Waals surface area contributed by atoms with E-state index in [0.717, 1.165) is 34.7 Å². The number of carbonyl (C=O) groups is 2. The van der Waals surface area contributed by atoms with Crippen LogP contribution in [0, 0.1) is 0 Å². The summed E-state index contributed by atoms with van der Waals surface area (Å²) in [7, 11) is 0. The maximum atomic E-state index is 12.9. The third kappa shape index (κ3) is 4.05. The number of hydrogen-bond acceptors (Lipinski definition) is 3. The highest BCUT2D eigenvalue weighted by molar-refractivity contribution is 7.98. The molecule has 3 aromatic rings. The van der Waals surface area contributed by atoms with Crippen molar-refractivity contribution >= 4 is 35.0 Å². The number of nitrogens with zero attached hydrogens (tertiary/aromatic N) is 1. The number of nitrogens with one attached hydrogen (secondary N) is 1. The number of thioether (sulfide) groups is 1. The zero-order chi connectivity index (χ0) is 20.2. The Bertz CT molecular complexity index is 1050. The van der Waals surface area contributed by atoms with E-state index >= 15 is 0 Å². The smallest absolute Gasteiger partial charge is 0.258 e. The van der Waals surface area contributed by atoms with Crippen LogP contribution in [0.2, 0.25) is 0 Å². The van der Waals surface area contributed by atoms with Crippen molar-refractivity contribution in [3.05, 3.63) is 89.5 Å². The predicted octanol–water partition coefficient (Wildman–Crippen LogP) is 5.25. The van der Waals surface area contributed by atoms with Crippen molar-refractivity contribution in [2.24, 2.45) is 0 Å². The number of benzene rings is 3. The Hall–Kier alpha value is -3.05. The molecule has 0 aromatic heterocycles. The molecule has 0 saturated heterocycles. The van der Waals surface area contributed by atoms with Crippen molar-refractivity contribution < 1.29 is 9.59 Å². The summed E-state index contributed by atoms with van der Waals surface area (Å²) in [5.41, 5.74) is 4.02. The van der Waals surface area contributed by atoms with Gasteiger partial charge in [0.15, 0.2) is 0 Å². The molecular weight excluding hydrogens is 380 g/mol. The Morgan fingerprint density at radius 2 is 1.69 bits per heavy atom. The van der Waals surface area contributed by atoms with Crippen molar-refractivity contribution in [1.82, 2.24) is 0 Å². The largest absolute Gasteiger partial charge is 0.321 e. The summed E-state index contributed by atoms with van der Waals surface area (Å²) < 4.78 is 0. The van der Waals surface area contributed by atoms with Gasteiger partial charge in [-0.1, -0.05) is 30.3 Å². The van der Waals surface area contributed by atoms with E-state index < -0.39 is 0 Å². The number of para-hydroxylation sites is 1. The Kier molecular flexibility index (Phi) is 5.67. The normalized spacial score (nSPS) is 12.9. The fourth-order valence-corrected chi connectivity index (χ4v) is 4.18. The van der Waals surface area contributed by atoms with Crippen LogP contribution < -0.4 is 10.2 Å². The number of fused-ring (bicyclic) bond motifs is 1. The van der Waals surface area contributed by atoms with Gasteiger partial charge in [0, 0.05) is 28.3 Å². The summed E-state index contributed by atoms with van der Waals surface area (Å²) in [4.78, 5) is 28.6. The van der Waals surface area contributed by atoms with Gasteiger partial charge in [-0.3, -0.25) is 9.59 Å². The van der Waals surface area contributed by atoms with Crippen LogP contribution in [-0.4, -0.2) is 24.6 Å². The number of aryl methyl sites for hydroxylation is 1. The number of hydrogen-bond donors (Lipinski definition) is 1. The minimum absolute atomic E-state index is 0.00218. The highest BCUT2D eigenvalue weighted by atomic mass is 32.2. The van der Waals surface area contributed by atoms with E-state index in [2.05, 4.69) is 5.32 Å². The van der Waals surface area contributed by atoms with E-state index in [-0.39, 0.29) is 11.8 Å². The van der Waals surface area contributed by atoms with Gasteiger partial charge < -0.3 is 10.2 Å². The van der Waals surface area contributed by atoms with Gasteiger partial charge in [0.1, 0.15) is 0 Å². The second kappa shape index (κ2) is 8.53. The highest BCUT2D eigenvalue weighted by Gasteiger charge is 2.24. The first-order valence-corrected chi connectivity index (χ1v) is 10.8. The molecule has 0 saturated carbocycles. The van der Waals surface area contributed by atoms with Crippen LogP contribution >= 0.6 is 11.8 Å². The third-order valence-electron chi connectivity index (χ3n) is 5.08. The molecule has 29 heavy (non-hydrogen) atoms. The van der Waals surface area contributed by atoms with Crippen molar-refractivity contribution in [2.45, 2.75) is 17.7 Å². The van der Waals surface area contributed by atoms with E-state index in [1.807, 2.05) is 77.9 Å². The Balaban J connectivity index is 1.58. The van der Waals surface area contributed by atoms with Crippen LogP contribution in [0.4, 0.5) is 11.4 Å². The third-order valence-corrected chi connectivity index (χ3v) is 5.88. The fraction of sp³-hybridized carbons (Fsp3) is 0.167. The molecule has 1 aliphatic heterocycles. The van der Waals surface area contributed by atoms with Crippen LogP contribution in [0.5, 0.6) is 0 Å². The molecule has 0 bridgehead atoms. The van der Waals surface area contributed by atoms with Gasteiger partial charge in [-0.15, -0.1) is 11.8 Å². The predicted molar refractivity (Wildman–Crippen MR) is 119 cm³/mol. The molecule has 146 valence electrons. The molecular formula is C24H22N2O2S.